The van der Waals surface area contributed by atoms with E-state index >= 15 is 0 Å². The van der Waals surface area contributed by atoms with Crippen LogP contribution in [0.25, 0.3) is 22.3 Å². The van der Waals surface area contributed by atoms with E-state index in [1.165, 1.54) is 12.1 Å². The molecule has 2 aromatic carbocycles. The van der Waals surface area contributed by atoms with Crippen molar-refractivity contribution in [3.8, 4) is 11.3 Å². The van der Waals surface area contributed by atoms with Crippen LogP contribution in [0.2, 0.25) is 0 Å². The smallest absolute Gasteiger partial charge is 0.251 e. The molecule has 0 aliphatic heterocycles. The zero-order chi connectivity index (χ0) is 18.8. The minimum atomic E-state index is -0.298. The third kappa shape index (κ3) is 3.29. The third-order valence-corrected chi connectivity index (χ3v) is 4.37. The molecular weight excluding hydrogens is 343 g/mol. The molecule has 0 radical (unpaired) electrons. The van der Waals surface area contributed by atoms with E-state index in [4.69, 9.17) is 4.98 Å². The van der Waals surface area contributed by atoms with Gasteiger partial charge in [-0.05, 0) is 23.8 Å². The number of hydrogen-bond acceptors (Lipinski definition) is 3. The summed E-state index contributed by atoms with van der Waals surface area (Å²) in [6, 6.07) is 17.8. The lowest BCUT2D eigenvalue weighted by Gasteiger charge is -2.08. The number of nitrogens with zero attached hydrogens (tertiary/aromatic N) is 3. The van der Waals surface area contributed by atoms with Gasteiger partial charge in [0.1, 0.15) is 5.82 Å². The molecular formula is C21H17FN4O. The van der Waals surface area contributed by atoms with Crippen LogP contribution in [0, 0.1) is 5.82 Å². The molecule has 0 atom stereocenters. The van der Waals surface area contributed by atoms with E-state index in [1.54, 1.807) is 30.1 Å². The van der Waals surface area contributed by atoms with Gasteiger partial charge in [-0.15, -0.1) is 0 Å². The molecule has 27 heavy (non-hydrogen) atoms. The highest BCUT2D eigenvalue weighted by molar-refractivity contribution is 6.06. The van der Waals surface area contributed by atoms with Crippen LogP contribution in [-0.4, -0.2) is 27.7 Å². The van der Waals surface area contributed by atoms with Crippen LogP contribution in [0.5, 0.6) is 0 Å². The van der Waals surface area contributed by atoms with Gasteiger partial charge in [-0.3, -0.25) is 4.79 Å². The number of halogens is 1. The Morgan fingerprint density at radius 3 is 2.67 bits per heavy atom. The Labute approximate surface area is 155 Å². The van der Waals surface area contributed by atoms with Gasteiger partial charge in [0.25, 0.3) is 5.91 Å². The fourth-order valence-corrected chi connectivity index (χ4v) is 3.05. The van der Waals surface area contributed by atoms with Crippen LogP contribution in [-0.2, 0) is 6.54 Å². The molecule has 4 rings (SSSR count). The highest BCUT2D eigenvalue weighted by Crippen LogP contribution is 2.25. The summed E-state index contributed by atoms with van der Waals surface area (Å²) in [5.74, 6) is -0.502. The Balaban J connectivity index is 1.88. The predicted octanol–water partition coefficient (Wildman–Crippen LogP) is 3.65. The van der Waals surface area contributed by atoms with Crippen LogP contribution in [0.3, 0.4) is 0 Å². The van der Waals surface area contributed by atoms with Crippen molar-refractivity contribution >= 4 is 16.9 Å². The second kappa shape index (κ2) is 6.99. The molecule has 2 heterocycles. The number of carbonyl (C=O) groups is 1. The van der Waals surface area contributed by atoms with Gasteiger partial charge in [-0.1, -0.05) is 42.5 Å². The fourth-order valence-electron chi connectivity index (χ4n) is 3.05. The Morgan fingerprint density at radius 2 is 1.93 bits per heavy atom. The third-order valence-electron chi connectivity index (χ3n) is 4.37. The van der Waals surface area contributed by atoms with Gasteiger partial charge in [0, 0.05) is 12.6 Å². The van der Waals surface area contributed by atoms with E-state index in [9.17, 15) is 9.18 Å². The Kier molecular flexibility index (Phi) is 4.38. The SMILES string of the molecule is CNC(=O)c1cc(-c2ccccc2)nc2c1cnn2Cc1cccc(F)c1. The monoisotopic (exact) mass is 360 g/mol. The zero-order valence-corrected chi connectivity index (χ0v) is 14.7. The lowest BCUT2D eigenvalue weighted by molar-refractivity contribution is 0.0964. The van der Waals surface area contributed by atoms with Crippen molar-refractivity contribution in [3.63, 3.8) is 0 Å². The highest BCUT2D eigenvalue weighted by Gasteiger charge is 2.17. The summed E-state index contributed by atoms with van der Waals surface area (Å²) < 4.78 is 15.2. The molecule has 0 fully saturated rings. The fraction of sp³-hybridized carbons (Fsp3) is 0.0952. The first-order valence-corrected chi connectivity index (χ1v) is 8.54. The molecule has 0 spiro atoms. The number of carbonyl (C=O) groups excluding carboxylic acids is 1. The average Bonchev–Trinajstić information content (AvgIpc) is 3.10. The molecule has 134 valence electrons. The predicted molar refractivity (Wildman–Crippen MR) is 102 cm³/mol. The van der Waals surface area contributed by atoms with Crippen molar-refractivity contribution in [2.24, 2.45) is 0 Å². The number of pyridine rings is 1. The van der Waals surface area contributed by atoms with Gasteiger partial charge in [0.15, 0.2) is 5.65 Å². The van der Waals surface area contributed by atoms with E-state index in [2.05, 4.69) is 10.4 Å². The average molecular weight is 360 g/mol. The molecule has 0 bridgehead atoms. The Morgan fingerprint density at radius 1 is 1.11 bits per heavy atom. The number of amides is 1. The van der Waals surface area contributed by atoms with Crippen LogP contribution in [0.4, 0.5) is 4.39 Å². The molecule has 5 nitrogen and oxygen atoms in total. The first-order chi connectivity index (χ1) is 13.2. The number of hydrogen-bond donors (Lipinski definition) is 1. The van der Waals surface area contributed by atoms with E-state index in [0.717, 1.165) is 11.1 Å². The van der Waals surface area contributed by atoms with Crippen molar-refractivity contribution in [2.75, 3.05) is 7.05 Å². The number of rotatable bonds is 4. The van der Waals surface area contributed by atoms with E-state index < -0.39 is 0 Å². The van der Waals surface area contributed by atoms with Crippen molar-refractivity contribution in [3.05, 3.63) is 83.8 Å². The summed E-state index contributed by atoms with van der Waals surface area (Å²) in [5.41, 5.74) is 3.45. The second-order valence-electron chi connectivity index (χ2n) is 6.17. The summed E-state index contributed by atoms with van der Waals surface area (Å²) >= 11 is 0. The molecule has 4 aromatic rings. The normalized spacial score (nSPS) is 10.9. The molecule has 0 unspecified atom stereocenters. The lowest BCUT2D eigenvalue weighted by atomic mass is 10.1. The van der Waals surface area contributed by atoms with E-state index in [0.29, 0.717) is 28.8 Å². The van der Waals surface area contributed by atoms with Crippen molar-refractivity contribution in [1.29, 1.82) is 0 Å². The summed E-state index contributed by atoms with van der Waals surface area (Å²) in [6.45, 7) is 0.361. The molecule has 0 saturated carbocycles. The first kappa shape index (κ1) is 16.9. The second-order valence-corrected chi connectivity index (χ2v) is 6.17. The van der Waals surface area contributed by atoms with Crippen LogP contribution in [0.1, 0.15) is 15.9 Å². The largest absolute Gasteiger partial charge is 0.355 e. The standard InChI is InChI=1S/C21H17FN4O/c1-23-21(27)17-11-19(15-7-3-2-4-8-15)25-20-18(17)12-24-26(20)13-14-6-5-9-16(22)10-14/h2-12H,13H2,1H3,(H,23,27). The topological polar surface area (TPSA) is 59.8 Å². The molecule has 1 N–H and O–H groups in total. The van der Waals surface area contributed by atoms with E-state index in [1.807, 2.05) is 36.4 Å². The van der Waals surface area contributed by atoms with Crippen molar-refractivity contribution in [1.82, 2.24) is 20.1 Å². The van der Waals surface area contributed by atoms with Gasteiger partial charge < -0.3 is 5.32 Å². The number of aromatic nitrogens is 3. The van der Waals surface area contributed by atoms with Gasteiger partial charge >= 0.3 is 0 Å². The summed E-state index contributed by atoms with van der Waals surface area (Å²) in [4.78, 5) is 17.1. The minimum Gasteiger partial charge on any atom is -0.355 e. The molecule has 6 heteroatoms. The maximum atomic E-state index is 13.5. The van der Waals surface area contributed by atoms with Gasteiger partial charge in [0.05, 0.1) is 29.4 Å². The Bertz CT molecular complexity index is 1120. The summed E-state index contributed by atoms with van der Waals surface area (Å²) in [5, 5.41) is 7.71. The van der Waals surface area contributed by atoms with Crippen molar-refractivity contribution < 1.29 is 9.18 Å². The first-order valence-electron chi connectivity index (χ1n) is 8.54. The molecule has 0 aliphatic rings. The molecule has 1 amide bonds. The van der Waals surface area contributed by atoms with Gasteiger partial charge in [0.2, 0.25) is 0 Å². The maximum absolute atomic E-state index is 13.5. The Hall–Kier alpha value is -3.54. The number of fused-ring (bicyclic) bond motifs is 1. The quantitative estimate of drug-likeness (QED) is 0.604. The van der Waals surface area contributed by atoms with Crippen LogP contribution >= 0.6 is 0 Å². The van der Waals surface area contributed by atoms with Crippen LogP contribution in [0.15, 0.2) is 66.9 Å². The molecule has 0 saturated heterocycles. The summed E-state index contributed by atoms with van der Waals surface area (Å²) in [7, 11) is 1.59. The molecule has 0 aliphatic carbocycles. The van der Waals surface area contributed by atoms with E-state index in [-0.39, 0.29) is 11.7 Å². The lowest BCUT2D eigenvalue weighted by Crippen LogP contribution is -2.18. The minimum absolute atomic E-state index is 0.204. The zero-order valence-electron chi connectivity index (χ0n) is 14.7. The van der Waals surface area contributed by atoms with Gasteiger partial charge in [-0.25, -0.2) is 14.1 Å². The highest BCUT2D eigenvalue weighted by atomic mass is 19.1. The number of nitrogens with one attached hydrogen (secondary N) is 1. The number of benzene rings is 2. The summed E-state index contributed by atoms with van der Waals surface area (Å²) in [6.07, 6.45) is 1.63. The van der Waals surface area contributed by atoms with Crippen molar-refractivity contribution in [2.45, 2.75) is 6.54 Å². The molecule has 2 aromatic heterocycles. The van der Waals surface area contributed by atoms with Gasteiger partial charge in [-0.2, -0.15) is 5.10 Å². The van der Waals surface area contributed by atoms with Crippen LogP contribution < -0.4 is 5.32 Å². The maximum Gasteiger partial charge on any atom is 0.251 e.